The second-order valence-corrected chi connectivity index (χ2v) is 5.13. The predicted octanol–water partition coefficient (Wildman–Crippen LogP) is 0.271. The quantitative estimate of drug-likeness (QED) is 0.595. The van der Waals surface area contributed by atoms with Gasteiger partial charge in [-0.1, -0.05) is 6.07 Å². The van der Waals surface area contributed by atoms with E-state index in [9.17, 15) is 10.0 Å². The Balaban J connectivity index is 2.24. The average Bonchev–Trinajstić information content (AvgIpc) is 2.57. The lowest BCUT2D eigenvalue weighted by Gasteiger charge is -2.11. The second kappa shape index (κ2) is 5.83. The number of nitrogens with zero attached hydrogens (tertiary/aromatic N) is 3. The molecule has 7 nitrogen and oxygen atoms in total. The van der Waals surface area contributed by atoms with Gasteiger partial charge >= 0.3 is 7.12 Å². The molecule has 23 heavy (non-hydrogen) atoms. The molecule has 0 radical (unpaired) electrons. The lowest BCUT2D eigenvalue weighted by molar-refractivity contribution is 0.399. The Hall–Kier alpha value is -2.71. The van der Waals surface area contributed by atoms with Gasteiger partial charge in [0.25, 0.3) is 0 Å². The van der Waals surface area contributed by atoms with Gasteiger partial charge in [0, 0.05) is 28.0 Å². The molecule has 3 aromatic rings. The number of ether oxygens (including phenoxy) is 1. The maximum absolute atomic E-state index is 9.35. The van der Waals surface area contributed by atoms with Crippen molar-refractivity contribution in [3.63, 3.8) is 0 Å². The molecule has 2 aromatic heterocycles. The Morgan fingerprint density at radius 1 is 1.13 bits per heavy atom. The fourth-order valence-corrected chi connectivity index (χ4v) is 2.45. The van der Waals surface area contributed by atoms with E-state index < -0.39 is 7.12 Å². The van der Waals surface area contributed by atoms with Crippen molar-refractivity contribution in [2.75, 3.05) is 12.8 Å². The highest BCUT2D eigenvalue weighted by molar-refractivity contribution is 6.58. The van der Waals surface area contributed by atoms with E-state index in [2.05, 4.69) is 15.2 Å². The summed E-state index contributed by atoms with van der Waals surface area (Å²) in [5.74, 6) is 0.753. The summed E-state index contributed by atoms with van der Waals surface area (Å²) in [6.45, 7) is 1.85. The van der Waals surface area contributed by atoms with E-state index in [1.807, 2.05) is 25.1 Å². The SMILES string of the molecule is COc1ncc(B(O)O)cc1-c1ccc2c(N)nnc(C)c2c1. The highest BCUT2D eigenvalue weighted by Gasteiger charge is 2.17. The number of benzene rings is 1. The van der Waals surface area contributed by atoms with Crippen molar-refractivity contribution in [1.29, 1.82) is 0 Å². The number of anilines is 1. The first-order valence-corrected chi connectivity index (χ1v) is 6.94. The first kappa shape index (κ1) is 15.2. The number of rotatable bonds is 3. The molecule has 0 amide bonds. The number of pyridine rings is 1. The van der Waals surface area contributed by atoms with Gasteiger partial charge in [-0.2, -0.15) is 5.10 Å². The van der Waals surface area contributed by atoms with Gasteiger partial charge in [-0.3, -0.25) is 0 Å². The minimum Gasteiger partial charge on any atom is -0.481 e. The van der Waals surface area contributed by atoms with Gasteiger partial charge in [0.15, 0.2) is 5.82 Å². The maximum atomic E-state index is 9.35. The molecule has 0 aliphatic heterocycles. The summed E-state index contributed by atoms with van der Waals surface area (Å²) in [7, 11) is -0.0905. The largest absolute Gasteiger partial charge is 0.490 e. The molecule has 0 aliphatic rings. The highest BCUT2D eigenvalue weighted by Crippen LogP contribution is 2.31. The Bertz CT molecular complexity index is 886. The maximum Gasteiger partial charge on any atom is 0.490 e. The number of hydrogen-bond donors (Lipinski definition) is 3. The molecule has 0 unspecified atom stereocenters. The van der Waals surface area contributed by atoms with Crippen molar-refractivity contribution >= 4 is 29.2 Å². The van der Waals surface area contributed by atoms with E-state index in [0.29, 0.717) is 17.3 Å². The molecule has 2 heterocycles. The number of fused-ring (bicyclic) bond motifs is 1. The fourth-order valence-electron chi connectivity index (χ4n) is 2.45. The topological polar surface area (TPSA) is 114 Å². The van der Waals surface area contributed by atoms with Crippen LogP contribution >= 0.6 is 0 Å². The Morgan fingerprint density at radius 2 is 1.91 bits per heavy atom. The molecule has 0 bridgehead atoms. The smallest absolute Gasteiger partial charge is 0.481 e. The standard InChI is InChI=1S/C15H15BN4O3/c1-8-12-5-9(3-4-11(12)14(17)20-19-8)13-6-10(16(21)22)7-18-15(13)23-2/h3-7,21-22H,1-2H3,(H2,17,20). The van der Waals surface area contributed by atoms with E-state index in [1.54, 1.807) is 6.07 Å². The normalized spacial score (nSPS) is 10.8. The third-order valence-electron chi connectivity index (χ3n) is 3.67. The van der Waals surface area contributed by atoms with Crippen LogP contribution in [0.5, 0.6) is 5.88 Å². The highest BCUT2D eigenvalue weighted by atomic mass is 16.5. The molecule has 8 heteroatoms. The van der Waals surface area contributed by atoms with Gasteiger partial charge < -0.3 is 20.5 Å². The van der Waals surface area contributed by atoms with Crippen molar-refractivity contribution in [2.24, 2.45) is 0 Å². The van der Waals surface area contributed by atoms with E-state index in [0.717, 1.165) is 22.0 Å². The molecule has 4 N–H and O–H groups in total. The monoisotopic (exact) mass is 310 g/mol. The van der Waals surface area contributed by atoms with Gasteiger partial charge in [0.1, 0.15) is 0 Å². The van der Waals surface area contributed by atoms with Gasteiger partial charge in [-0.15, -0.1) is 5.10 Å². The van der Waals surface area contributed by atoms with Gasteiger partial charge in [0.2, 0.25) is 5.88 Å². The van der Waals surface area contributed by atoms with Crippen LogP contribution in [0.4, 0.5) is 5.82 Å². The van der Waals surface area contributed by atoms with Crippen molar-refractivity contribution in [3.05, 3.63) is 36.2 Å². The average molecular weight is 310 g/mol. The van der Waals surface area contributed by atoms with Crippen molar-refractivity contribution in [3.8, 4) is 17.0 Å². The Morgan fingerprint density at radius 3 is 2.61 bits per heavy atom. The summed E-state index contributed by atoms with van der Waals surface area (Å²) in [6, 6.07) is 7.24. The van der Waals surface area contributed by atoms with E-state index in [1.165, 1.54) is 13.3 Å². The molecule has 0 aliphatic carbocycles. The van der Waals surface area contributed by atoms with Crippen LogP contribution < -0.4 is 15.9 Å². The molecule has 0 fully saturated rings. The van der Waals surface area contributed by atoms with Crippen LogP contribution in [0.3, 0.4) is 0 Å². The zero-order chi connectivity index (χ0) is 16.6. The van der Waals surface area contributed by atoms with Crippen LogP contribution in [0.1, 0.15) is 5.69 Å². The fraction of sp³-hybridized carbons (Fsp3) is 0.133. The number of aryl methyl sites for hydroxylation is 1. The summed E-state index contributed by atoms with van der Waals surface area (Å²) in [6.07, 6.45) is 1.36. The molecule has 0 saturated carbocycles. The van der Waals surface area contributed by atoms with Crippen molar-refractivity contribution in [1.82, 2.24) is 15.2 Å². The lowest BCUT2D eigenvalue weighted by atomic mass is 9.80. The van der Waals surface area contributed by atoms with E-state index in [-0.39, 0.29) is 5.46 Å². The molecule has 0 saturated heterocycles. The van der Waals surface area contributed by atoms with E-state index >= 15 is 0 Å². The van der Waals surface area contributed by atoms with Crippen molar-refractivity contribution in [2.45, 2.75) is 6.92 Å². The Labute approximate surface area is 132 Å². The zero-order valence-electron chi connectivity index (χ0n) is 12.7. The van der Waals surface area contributed by atoms with E-state index in [4.69, 9.17) is 10.5 Å². The summed E-state index contributed by atoms with van der Waals surface area (Å²) in [4.78, 5) is 4.12. The van der Waals surface area contributed by atoms with Crippen LogP contribution in [0.25, 0.3) is 21.9 Å². The van der Waals surface area contributed by atoms with Gasteiger partial charge in [0.05, 0.1) is 12.8 Å². The first-order valence-electron chi connectivity index (χ1n) is 6.94. The van der Waals surface area contributed by atoms with Gasteiger partial charge in [-0.25, -0.2) is 4.98 Å². The van der Waals surface area contributed by atoms with Crippen LogP contribution in [0, 0.1) is 6.92 Å². The number of methoxy groups -OCH3 is 1. The molecule has 3 rings (SSSR count). The molecular weight excluding hydrogens is 295 g/mol. The number of nitrogen functional groups attached to an aromatic ring is 1. The van der Waals surface area contributed by atoms with Crippen molar-refractivity contribution < 1.29 is 14.8 Å². The van der Waals surface area contributed by atoms with Crippen LogP contribution in [0.15, 0.2) is 30.5 Å². The number of hydrogen-bond acceptors (Lipinski definition) is 7. The Kier molecular flexibility index (Phi) is 3.85. The van der Waals surface area contributed by atoms with Crippen LogP contribution in [0.2, 0.25) is 0 Å². The summed E-state index contributed by atoms with van der Waals surface area (Å²) < 4.78 is 5.27. The molecule has 116 valence electrons. The molecule has 1 aromatic carbocycles. The molecule has 0 spiro atoms. The minimum atomic E-state index is -1.60. The molecular formula is C15H15BN4O3. The number of aromatic nitrogens is 3. The molecule has 0 atom stereocenters. The van der Waals surface area contributed by atoms with Crippen LogP contribution in [-0.2, 0) is 0 Å². The third kappa shape index (κ3) is 2.69. The minimum absolute atomic E-state index is 0.282. The third-order valence-corrected chi connectivity index (χ3v) is 3.67. The van der Waals surface area contributed by atoms with Gasteiger partial charge in [-0.05, 0) is 30.7 Å². The number of nitrogens with two attached hydrogens (primary N) is 1. The predicted molar refractivity (Wildman–Crippen MR) is 88.3 cm³/mol. The zero-order valence-corrected chi connectivity index (χ0v) is 12.7. The lowest BCUT2D eigenvalue weighted by Crippen LogP contribution is -2.30. The first-order chi connectivity index (χ1) is 11.0. The summed E-state index contributed by atoms with van der Waals surface area (Å²) >= 11 is 0. The summed E-state index contributed by atoms with van der Waals surface area (Å²) in [5, 5.41) is 28.3. The second-order valence-electron chi connectivity index (χ2n) is 5.13. The van der Waals surface area contributed by atoms with Crippen LogP contribution in [-0.4, -0.2) is 39.5 Å². The summed E-state index contributed by atoms with van der Waals surface area (Å²) in [5.41, 5.74) is 8.34.